The normalized spacial score (nSPS) is 18.3. The average molecular weight is 468 g/mol. The van der Waals surface area contributed by atoms with Gasteiger partial charge in [-0.1, -0.05) is 18.6 Å². The largest absolute Gasteiger partial charge is 0.481 e. The molecule has 10 heteroatoms. The number of aryl methyl sites for hydroxylation is 1. The fraction of sp³-hybridized carbons (Fsp3) is 0.609. The number of anilines is 1. The molecule has 1 unspecified atom stereocenters. The van der Waals surface area contributed by atoms with Crippen molar-refractivity contribution in [3.63, 3.8) is 0 Å². The number of epoxide rings is 1. The van der Waals surface area contributed by atoms with Crippen LogP contribution in [0.25, 0.3) is 0 Å². The number of ether oxygens (including phenoxy) is 2. The van der Waals surface area contributed by atoms with Crippen LogP contribution in [0.3, 0.4) is 0 Å². The molecule has 0 spiro atoms. The van der Waals surface area contributed by atoms with E-state index >= 15 is 0 Å². The van der Waals surface area contributed by atoms with E-state index in [-0.39, 0.29) is 18.5 Å². The van der Waals surface area contributed by atoms with Gasteiger partial charge in [-0.2, -0.15) is 0 Å². The number of amides is 2. The standard InChI is InChI=1S/C23H34FN3O6/c1-22(2,3)33-21(31)27-17(12-13-23(25)14-32-23)20(30)26-16-10-7-9-15(19(16)24)8-5-4-6-11-18(28)29/h7,9-10,17H,4-6,8,11-14,25H2,1-3H3,(H,26,30)(H,27,31)(H,28,29)/t17-,23?/m0/s1. The van der Waals surface area contributed by atoms with Crippen LogP contribution in [0.15, 0.2) is 18.2 Å². The van der Waals surface area contributed by atoms with E-state index in [4.69, 9.17) is 20.3 Å². The molecule has 1 saturated heterocycles. The van der Waals surface area contributed by atoms with Gasteiger partial charge < -0.3 is 30.9 Å². The van der Waals surface area contributed by atoms with Crippen LogP contribution in [0.5, 0.6) is 0 Å². The molecule has 1 aliphatic heterocycles. The molecule has 2 atom stereocenters. The molecule has 2 amide bonds. The SMILES string of the molecule is CC(C)(C)OC(=O)N[C@@H](CCC1(N)CO1)C(=O)Nc1cccc(CCCCCC(=O)O)c1F. The van der Waals surface area contributed by atoms with Gasteiger partial charge in [0.25, 0.3) is 0 Å². The molecule has 0 saturated carbocycles. The number of hydrogen-bond donors (Lipinski definition) is 4. The number of unbranched alkanes of at least 4 members (excludes halogenated alkanes) is 2. The van der Waals surface area contributed by atoms with Crippen LogP contribution in [0.4, 0.5) is 14.9 Å². The number of nitrogens with one attached hydrogen (secondary N) is 2. The van der Waals surface area contributed by atoms with Gasteiger partial charge >= 0.3 is 12.1 Å². The van der Waals surface area contributed by atoms with Crippen molar-refractivity contribution in [2.75, 3.05) is 11.9 Å². The highest BCUT2D eigenvalue weighted by atomic mass is 19.1. The fourth-order valence-electron chi connectivity index (χ4n) is 3.20. The number of alkyl carbamates (subject to hydrolysis) is 1. The van der Waals surface area contributed by atoms with Crippen LogP contribution < -0.4 is 16.4 Å². The van der Waals surface area contributed by atoms with Crippen molar-refractivity contribution in [2.24, 2.45) is 5.73 Å². The monoisotopic (exact) mass is 467 g/mol. The molecule has 1 aliphatic rings. The minimum atomic E-state index is -0.997. The number of benzene rings is 1. The summed E-state index contributed by atoms with van der Waals surface area (Å²) >= 11 is 0. The van der Waals surface area contributed by atoms with Crippen molar-refractivity contribution in [1.82, 2.24) is 5.32 Å². The van der Waals surface area contributed by atoms with Crippen molar-refractivity contribution >= 4 is 23.7 Å². The highest BCUT2D eigenvalue weighted by Crippen LogP contribution is 2.27. The van der Waals surface area contributed by atoms with Gasteiger partial charge in [-0.15, -0.1) is 0 Å². The molecule has 184 valence electrons. The smallest absolute Gasteiger partial charge is 0.408 e. The molecule has 1 aromatic carbocycles. The van der Waals surface area contributed by atoms with Gasteiger partial charge in [-0.05, 0) is 64.5 Å². The minimum Gasteiger partial charge on any atom is -0.481 e. The predicted molar refractivity (Wildman–Crippen MR) is 120 cm³/mol. The lowest BCUT2D eigenvalue weighted by Gasteiger charge is -2.24. The maximum atomic E-state index is 14.9. The van der Waals surface area contributed by atoms with E-state index in [0.29, 0.717) is 44.3 Å². The third-order valence-corrected chi connectivity index (χ3v) is 5.05. The molecule has 1 aromatic rings. The third kappa shape index (κ3) is 9.75. The first-order valence-corrected chi connectivity index (χ1v) is 11.1. The molecule has 0 radical (unpaired) electrons. The van der Waals surface area contributed by atoms with Crippen LogP contribution >= 0.6 is 0 Å². The number of halogens is 1. The van der Waals surface area contributed by atoms with Crippen molar-refractivity contribution in [3.8, 4) is 0 Å². The molecule has 0 bridgehead atoms. The lowest BCUT2D eigenvalue weighted by molar-refractivity contribution is -0.137. The molecule has 0 aliphatic carbocycles. The Hall–Kier alpha value is -2.72. The quantitative estimate of drug-likeness (QED) is 0.273. The van der Waals surface area contributed by atoms with Crippen molar-refractivity contribution < 1.29 is 33.4 Å². The summed E-state index contributed by atoms with van der Waals surface area (Å²) in [6.45, 7) is 5.49. The van der Waals surface area contributed by atoms with Gasteiger partial charge in [0.2, 0.25) is 5.91 Å². The van der Waals surface area contributed by atoms with E-state index in [1.165, 1.54) is 6.07 Å². The second-order valence-corrected chi connectivity index (χ2v) is 9.31. The van der Waals surface area contributed by atoms with E-state index in [1.807, 2.05) is 0 Å². The highest BCUT2D eigenvalue weighted by molar-refractivity contribution is 5.96. The number of carbonyl (C=O) groups is 3. The van der Waals surface area contributed by atoms with Gasteiger partial charge in [0.05, 0.1) is 12.3 Å². The Bertz CT molecular complexity index is 851. The molecule has 2 rings (SSSR count). The minimum absolute atomic E-state index is 0.00385. The maximum Gasteiger partial charge on any atom is 0.408 e. The number of carbonyl (C=O) groups excluding carboxylic acids is 2. The van der Waals surface area contributed by atoms with Crippen LogP contribution in [0, 0.1) is 5.82 Å². The number of carboxylic acid groups (broad SMARTS) is 1. The van der Waals surface area contributed by atoms with Crippen molar-refractivity contribution in [2.45, 2.75) is 83.1 Å². The summed E-state index contributed by atoms with van der Waals surface area (Å²) in [5.74, 6) is -2.00. The van der Waals surface area contributed by atoms with Crippen LogP contribution in [-0.4, -0.2) is 47.1 Å². The number of carboxylic acids is 1. The zero-order chi connectivity index (χ0) is 24.6. The summed E-state index contributed by atoms with van der Waals surface area (Å²) in [5.41, 5.74) is 4.79. The zero-order valence-electron chi connectivity index (χ0n) is 19.4. The Kier molecular flexibility index (Phi) is 9.18. The molecular weight excluding hydrogens is 433 g/mol. The van der Waals surface area contributed by atoms with Gasteiger partial charge in [-0.3, -0.25) is 9.59 Å². The molecule has 1 heterocycles. The van der Waals surface area contributed by atoms with E-state index in [1.54, 1.807) is 32.9 Å². The summed E-state index contributed by atoms with van der Waals surface area (Å²) < 4.78 is 25.3. The number of nitrogens with two attached hydrogens (primary N) is 1. The van der Waals surface area contributed by atoms with Gasteiger partial charge in [-0.25, -0.2) is 9.18 Å². The summed E-state index contributed by atoms with van der Waals surface area (Å²) in [5, 5.41) is 13.8. The van der Waals surface area contributed by atoms with Crippen LogP contribution in [-0.2, 0) is 25.5 Å². The fourth-order valence-corrected chi connectivity index (χ4v) is 3.20. The molecule has 0 aromatic heterocycles. The van der Waals surface area contributed by atoms with Gasteiger partial charge in [0, 0.05) is 6.42 Å². The van der Waals surface area contributed by atoms with Crippen molar-refractivity contribution in [1.29, 1.82) is 0 Å². The lowest BCUT2D eigenvalue weighted by atomic mass is 10.0. The first kappa shape index (κ1) is 26.5. The average Bonchev–Trinajstić information content (AvgIpc) is 3.43. The Morgan fingerprint density at radius 2 is 1.97 bits per heavy atom. The lowest BCUT2D eigenvalue weighted by Crippen LogP contribution is -2.46. The summed E-state index contributed by atoms with van der Waals surface area (Å²) in [7, 11) is 0. The van der Waals surface area contributed by atoms with Crippen molar-refractivity contribution in [3.05, 3.63) is 29.6 Å². The zero-order valence-corrected chi connectivity index (χ0v) is 19.4. The summed E-state index contributed by atoms with van der Waals surface area (Å²) in [6.07, 6.45) is 2.07. The molecule has 5 N–H and O–H groups in total. The Morgan fingerprint density at radius 1 is 1.27 bits per heavy atom. The molecular formula is C23H34FN3O6. The predicted octanol–water partition coefficient (Wildman–Crippen LogP) is 3.31. The second kappa shape index (κ2) is 11.4. The summed E-state index contributed by atoms with van der Waals surface area (Å²) in [6, 6.07) is 3.71. The van der Waals surface area contributed by atoms with Crippen LogP contribution in [0.1, 0.15) is 64.9 Å². The van der Waals surface area contributed by atoms with E-state index in [9.17, 15) is 18.8 Å². The first-order valence-electron chi connectivity index (χ1n) is 11.1. The van der Waals surface area contributed by atoms with Gasteiger partial charge in [0.15, 0.2) is 0 Å². The topological polar surface area (TPSA) is 143 Å². The molecule has 33 heavy (non-hydrogen) atoms. The summed E-state index contributed by atoms with van der Waals surface area (Å²) in [4.78, 5) is 35.7. The Balaban J connectivity index is 2.01. The first-order chi connectivity index (χ1) is 15.4. The third-order valence-electron chi connectivity index (χ3n) is 5.05. The van der Waals surface area contributed by atoms with E-state index < -0.39 is 41.2 Å². The molecule has 9 nitrogen and oxygen atoms in total. The number of hydrogen-bond acceptors (Lipinski definition) is 6. The van der Waals surface area contributed by atoms with Gasteiger partial charge in [0.1, 0.15) is 23.2 Å². The second-order valence-electron chi connectivity index (χ2n) is 9.31. The Morgan fingerprint density at radius 3 is 2.58 bits per heavy atom. The maximum absolute atomic E-state index is 14.9. The Labute approximate surface area is 193 Å². The number of rotatable bonds is 12. The van der Waals surface area contributed by atoms with E-state index in [2.05, 4.69) is 10.6 Å². The van der Waals surface area contributed by atoms with Crippen LogP contribution in [0.2, 0.25) is 0 Å². The van der Waals surface area contributed by atoms with E-state index in [0.717, 1.165) is 0 Å². The number of aliphatic carboxylic acids is 1. The highest BCUT2D eigenvalue weighted by Gasteiger charge is 2.41. The molecule has 1 fully saturated rings.